The van der Waals surface area contributed by atoms with Crippen LogP contribution in [0, 0.1) is 20.8 Å². The zero-order chi connectivity index (χ0) is 22.9. The third-order valence-electron chi connectivity index (χ3n) is 6.55. The molecule has 3 aromatic carbocycles. The largest absolute Gasteiger partial charge is 0.492 e. The molecule has 5 heteroatoms. The van der Waals surface area contributed by atoms with Gasteiger partial charge >= 0.3 is 0 Å². The van der Waals surface area contributed by atoms with Gasteiger partial charge < -0.3 is 14.2 Å². The number of carbonyl (C=O) groups is 1. The van der Waals surface area contributed by atoms with Gasteiger partial charge in [0.2, 0.25) is 5.91 Å². The van der Waals surface area contributed by atoms with E-state index < -0.39 is 0 Å². The van der Waals surface area contributed by atoms with Gasteiger partial charge in [-0.1, -0.05) is 30.3 Å². The highest BCUT2D eigenvalue weighted by molar-refractivity contribution is 5.96. The Labute approximate surface area is 194 Å². The van der Waals surface area contributed by atoms with Gasteiger partial charge in [-0.05, 0) is 73.9 Å². The van der Waals surface area contributed by atoms with Crippen molar-refractivity contribution in [2.75, 3.05) is 18.1 Å². The summed E-state index contributed by atoms with van der Waals surface area (Å²) in [6, 6.07) is 22.5. The molecule has 2 heterocycles. The first kappa shape index (κ1) is 21.3. The molecule has 0 bridgehead atoms. The van der Waals surface area contributed by atoms with Gasteiger partial charge in [0, 0.05) is 24.6 Å². The molecule has 1 fully saturated rings. The molecule has 33 heavy (non-hydrogen) atoms. The van der Waals surface area contributed by atoms with Crippen molar-refractivity contribution in [1.29, 1.82) is 0 Å². The SMILES string of the molecule is Cc1cccc(N2C[C@H](c3nc4ccccc4n3CCOc3ccc(C)c(C)c3)CC2=O)c1. The Hall–Kier alpha value is -3.60. The summed E-state index contributed by atoms with van der Waals surface area (Å²) in [5.41, 5.74) is 6.64. The fraction of sp³-hybridized carbons (Fsp3) is 0.286. The van der Waals surface area contributed by atoms with Crippen LogP contribution in [0.4, 0.5) is 5.69 Å². The number of fused-ring (bicyclic) bond motifs is 1. The highest BCUT2D eigenvalue weighted by Crippen LogP contribution is 2.33. The van der Waals surface area contributed by atoms with Gasteiger partial charge in [-0.15, -0.1) is 0 Å². The van der Waals surface area contributed by atoms with Gasteiger partial charge in [-0.25, -0.2) is 4.98 Å². The molecular weight excluding hydrogens is 410 g/mol. The van der Waals surface area contributed by atoms with Crippen LogP contribution in [0.25, 0.3) is 11.0 Å². The number of aromatic nitrogens is 2. The summed E-state index contributed by atoms with van der Waals surface area (Å²) >= 11 is 0. The molecule has 1 saturated heterocycles. The summed E-state index contributed by atoms with van der Waals surface area (Å²) < 4.78 is 8.31. The number of rotatable bonds is 6. The van der Waals surface area contributed by atoms with Gasteiger partial charge in [0.05, 0.1) is 17.6 Å². The molecule has 1 aliphatic heterocycles. The molecule has 5 nitrogen and oxygen atoms in total. The zero-order valence-corrected chi connectivity index (χ0v) is 19.4. The van der Waals surface area contributed by atoms with Crippen LogP contribution in [0.3, 0.4) is 0 Å². The summed E-state index contributed by atoms with van der Waals surface area (Å²) in [5.74, 6) is 2.04. The summed E-state index contributed by atoms with van der Waals surface area (Å²) in [6.07, 6.45) is 0.468. The monoisotopic (exact) mass is 439 g/mol. The lowest BCUT2D eigenvalue weighted by atomic mass is 10.1. The van der Waals surface area contributed by atoms with Crippen LogP contribution in [0.1, 0.15) is 34.9 Å². The number of imidazole rings is 1. The number of nitrogens with zero attached hydrogens (tertiary/aromatic N) is 3. The lowest BCUT2D eigenvalue weighted by Crippen LogP contribution is -2.24. The lowest BCUT2D eigenvalue weighted by molar-refractivity contribution is -0.117. The van der Waals surface area contributed by atoms with Gasteiger partial charge in [0.15, 0.2) is 0 Å². The highest BCUT2D eigenvalue weighted by atomic mass is 16.5. The van der Waals surface area contributed by atoms with Crippen molar-refractivity contribution >= 4 is 22.6 Å². The Bertz CT molecular complexity index is 1320. The van der Waals surface area contributed by atoms with Crippen LogP contribution in [0.15, 0.2) is 66.7 Å². The smallest absolute Gasteiger partial charge is 0.227 e. The predicted molar refractivity (Wildman–Crippen MR) is 132 cm³/mol. The first-order valence-corrected chi connectivity index (χ1v) is 11.5. The molecule has 0 saturated carbocycles. The second kappa shape index (κ2) is 8.74. The normalized spacial score (nSPS) is 16.0. The van der Waals surface area contributed by atoms with Crippen LogP contribution < -0.4 is 9.64 Å². The van der Waals surface area contributed by atoms with Crippen LogP contribution in [0.2, 0.25) is 0 Å². The van der Waals surface area contributed by atoms with Crippen molar-refractivity contribution in [1.82, 2.24) is 9.55 Å². The summed E-state index contributed by atoms with van der Waals surface area (Å²) in [7, 11) is 0. The summed E-state index contributed by atoms with van der Waals surface area (Å²) in [5, 5.41) is 0. The van der Waals surface area contributed by atoms with E-state index in [1.807, 2.05) is 41.3 Å². The standard InChI is InChI=1S/C28H29N3O2/c1-19-7-6-8-23(15-19)31-18-22(17-27(31)32)28-29-25-9-4-5-10-26(25)30(28)13-14-33-24-12-11-20(2)21(3)16-24/h4-12,15-16,22H,13-14,17-18H2,1-3H3/t22-/m1/s1. The van der Waals surface area contributed by atoms with Gasteiger partial charge in [0.25, 0.3) is 0 Å². The van der Waals surface area contributed by atoms with E-state index in [4.69, 9.17) is 9.72 Å². The van der Waals surface area contributed by atoms with E-state index in [0.717, 1.165) is 33.9 Å². The lowest BCUT2D eigenvalue weighted by Gasteiger charge is -2.18. The van der Waals surface area contributed by atoms with Crippen molar-refractivity contribution in [3.8, 4) is 5.75 Å². The second-order valence-corrected chi connectivity index (χ2v) is 8.95. The first-order valence-electron chi connectivity index (χ1n) is 11.5. The maximum Gasteiger partial charge on any atom is 0.227 e. The van der Waals surface area contributed by atoms with E-state index in [1.165, 1.54) is 11.1 Å². The maximum atomic E-state index is 12.9. The molecule has 4 aromatic rings. The van der Waals surface area contributed by atoms with E-state index in [0.29, 0.717) is 26.1 Å². The summed E-state index contributed by atoms with van der Waals surface area (Å²) in [4.78, 5) is 19.8. The molecule has 1 atom stereocenters. The predicted octanol–water partition coefficient (Wildman–Crippen LogP) is 5.56. The van der Waals surface area contributed by atoms with E-state index in [9.17, 15) is 4.79 Å². The minimum absolute atomic E-state index is 0.0482. The highest BCUT2D eigenvalue weighted by Gasteiger charge is 2.34. The van der Waals surface area contributed by atoms with Gasteiger partial charge in [-0.2, -0.15) is 0 Å². The Morgan fingerprint density at radius 3 is 2.64 bits per heavy atom. The third-order valence-corrected chi connectivity index (χ3v) is 6.55. The van der Waals surface area contributed by atoms with E-state index in [1.54, 1.807) is 0 Å². The van der Waals surface area contributed by atoms with Crippen molar-refractivity contribution < 1.29 is 9.53 Å². The number of anilines is 1. The molecule has 0 N–H and O–H groups in total. The van der Waals surface area contributed by atoms with Crippen molar-refractivity contribution in [3.05, 3.63) is 89.2 Å². The molecule has 1 aromatic heterocycles. The van der Waals surface area contributed by atoms with E-state index >= 15 is 0 Å². The van der Waals surface area contributed by atoms with Crippen LogP contribution in [-0.4, -0.2) is 28.6 Å². The number of benzene rings is 3. The molecule has 1 amide bonds. The molecular formula is C28H29N3O2. The molecule has 0 aliphatic carbocycles. The minimum Gasteiger partial charge on any atom is -0.492 e. The number of hydrogen-bond acceptors (Lipinski definition) is 3. The van der Waals surface area contributed by atoms with Crippen LogP contribution in [0.5, 0.6) is 5.75 Å². The number of amides is 1. The van der Waals surface area contributed by atoms with Crippen molar-refractivity contribution in [2.45, 2.75) is 39.7 Å². The number of ether oxygens (including phenoxy) is 1. The molecule has 1 aliphatic rings. The number of para-hydroxylation sites is 2. The minimum atomic E-state index is 0.0482. The Morgan fingerprint density at radius 2 is 1.82 bits per heavy atom. The molecule has 0 radical (unpaired) electrons. The summed E-state index contributed by atoms with van der Waals surface area (Å²) in [6.45, 7) is 8.11. The Morgan fingerprint density at radius 1 is 0.970 bits per heavy atom. The van der Waals surface area contributed by atoms with Crippen LogP contribution >= 0.6 is 0 Å². The van der Waals surface area contributed by atoms with Gasteiger partial charge in [0.1, 0.15) is 18.2 Å². The number of aryl methyl sites for hydroxylation is 3. The Kier molecular flexibility index (Phi) is 5.63. The van der Waals surface area contributed by atoms with Gasteiger partial charge in [-0.3, -0.25) is 4.79 Å². The molecule has 0 unspecified atom stereocenters. The van der Waals surface area contributed by atoms with Crippen molar-refractivity contribution in [2.24, 2.45) is 0 Å². The molecule has 0 spiro atoms. The quantitative estimate of drug-likeness (QED) is 0.395. The average molecular weight is 440 g/mol. The molecule has 5 rings (SSSR count). The molecule has 168 valence electrons. The maximum absolute atomic E-state index is 12.9. The second-order valence-electron chi connectivity index (χ2n) is 8.95. The third kappa shape index (κ3) is 4.23. The average Bonchev–Trinajstić information content (AvgIpc) is 3.37. The van der Waals surface area contributed by atoms with Crippen LogP contribution in [-0.2, 0) is 11.3 Å². The van der Waals surface area contributed by atoms with Crippen molar-refractivity contribution in [3.63, 3.8) is 0 Å². The topological polar surface area (TPSA) is 47.4 Å². The first-order chi connectivity index (χ1) is 16.0. The van der Waals surface area contributed by atoms with E-state index in [2.05, 4.69) is 55.7 Å². The van der Waals surface area contributed by atoms with E-state index in [-0.39, 0.29) is 11.8 Å². The number of carbonyl (C=O) groups excluding carboxylic acids is 1. The number of hydrogen-bond donors (Lipinski definition) is 0. The fourth-order valence-electron chi connectivity index (χ4n) is 4.63. The zero-order valence-electron chi connectivity index (χ0n) is 19.4. The fourth-order valence-corrected chi connectivity index (χ4v) is 4.63. The Balaban J connectivity index is 1.40.